The van der Waals surface area contributed by atoms with Gasteiger partial charge in [0.15, 0.2) is 6.10 Å². The van der Waals surface area contributed by atoms with E-state index in [1.165, 1.54) is 83.5 Å². The summed E-state index contributed by atoms with van der Waals surface area (Å²) in [5.41, 5.74) is 0. The van der Waals surface area contributed by atoms with Crippen molar-refractivity contribution in [3.05, 3.63) is 146 Å². The monoisotopic (exact) mass is 1090 g/mol. The molecule has 0 aromatic rings. The van der Waals surface area contributed by atoms with Crippen molar-refractivity contribution in [2.24, 2.45) is 0 Å². The van der Waals surface area contributed by atoms with Crippen molar-refractivity contribution in [3.63, 3.8) is 0 Å². The van der Waals surface area contributed by atoms with Crippen LogP contribution >= 0.6 is 0 Å². The maximum Gasteiger partial charge on any atom is 0.306 e. The van der Waals surface area contributed by atoms with E-state index in [-0.39, 0.29) is 31.1 Å². The van der Waals surface area contributed by atoms with Crippen LogP contribution in [0.5, 0.6) is 0 Å². The van der Waals surface area contributed by atoms with Crippen molar-refractivity contribution in [1.29, 1.82) is 0 Å². The SMILES string of the molecule is CC/C=C\C/C=C\C/C=C\C/C=C\C/C=C\CCCCCC(=O)OCC(COC(=O)CCCCCCCCCC/C=C\C/C=C\C/C=C\C/C=C\CC)OC(=O)CCCCCCCC/C=C\C/C=C\C/C=C\CCCCCCC. The fourth-order valence-electron chi connectivity index (χ4n) is 8.53. The van der Waals surface area contributed by atoms with Gasteiger partial charge in [0.25, 0.3) is 0 Å². The molecule has 0 heterocycles. The zero-order chi connectivity index (χ0) is 57.1. The molecule has 0 aromatic heterocycles. The summed E-state index contributed by atoms with van der Waals surface area (Å²) in [5, 5.41) is 0. The van der Waals surface area contributed by atoms with Gasteiger partial charge in [0.2, 0.25) is 0 Å². The number of esters is 3. The molecule has 0 saturated carbocycles. The van der Waals surface area contributed by atoms with Crippen LogP contribution in [0.1, 0.15) is 278 Å². The Morgan fingerprint density at radius 1 is 0.266 bits per heavy atom. The van der Waals surface area contributed by atoms with Gasteiger partial charge in [-0.2, -0.15) is 0 Å². The Hall–Kier alpha value is -4.71. The molecule has 0 fully saturated rings. The molecule has 0 radical (unpaired) electrons. The fourth-order valence-corrected chi connectivity index (χ4v) is 8.53. The molecule has 0 bridgehead atoms. The Labute approximate surface area is 487 Å². The van der Waals surface area contributed by atoms with Crippen molar-refractivity contribution in [2.75, 3.05) is 13.2 Å². The number of unbranched alkanes of at least 4 members (excludes halogenated alkanes) is 22. The van der Waals surface area contributed by atoms with Gasteiger partial charge in [-0.25, -0.2) is 0 Å². The summed E-state index contributed by atoms with van der Waals surface area (Å²) in [4.78, 5) is 38.4. The third-order valence-corrected chi connectivity index (χ3v) is 13.3. The van der Waals surface area contributed by atoms with Crippen LogP contribution in [-0.4, -0.2) is 37.2 Å². The summed E-state index contributed by atoms with van der Waals surface area (Å²) in [6, 6.07) is 0. The van der Waals surface area contributed by atoms with E-state index in [2.05, 4.69) is 167 Å². The van der Waals surface area contributed by atoms with Crippen LogP contribution in [0.2, 0.25) is 0 Å². The normalized spacial score (nSPS) is 13.1. The van der Waals surface area contributed by atoms with Crippen LogP contribution in [0.4, 0.5) is 0 Å². The Bertz CT molecular complexity index is 1730. The van der Waals surface area contributed by atoms with Crippen LogP contribution in [0, 0.1) is 0 Å². The van der Waals surface area contributed by atoms with E-state index in [0.29, 0.717) is 19.3 Å². The van der Waals surface area contributed by atoms with Gasteiger partial charge in [-0.15, -0.1) is 0 Å². The smallest absolute Gasteiger partial charge is 0.306 e. The van der Waals surface area contributed by atoms with E-state index in [9.17, 15) is 14.4 Å². The standard InChI is InChI=1S/C73H118O6/c1-4-7-10-13-16-19-22-25-28-31-34-36-39-42-45-48-51-54-57-60-63-66-72(75)78-69-70(68-77-71(74)65-62-59-56-53-50-47-44-41-38-33-30-27-24-21-18-15-12-9-6-3)79-73(76)67-64-61-58-55-52-49-46-43-40-37-35-32-29-26-23-20-17-14-11-8-5-2/h7,9-10,12,16,18-19,21,23,25-28,30,32,34-36,38,40-41,43,47,50,70H,4-6,8,11,13-15,17,20,22,24,29,31,33,37,39,42,44-46,48-49,51-69H2,1-3H3/b10-7-,12-9-,19-16-,21-18-,26-23-,28-25-,30-27-,35-32-,36-34-,41-38-,43-40-,50-47-. The first-order valence-electron chi connectivity index (χ1n) is 32.3. The summed E-state index contributed by atoms with van der Waals surface area (Å²) in [6.07, 6.45) is 94.1. The molecule has 0 spiro atoms. The summed E-state index contributed by atoms with van der Waals surface area (Å²) in [7, 11) is 0. The van der Waals surface area contributed by atoms with Crippen LogP contribution in [0.3, 0.4) is 0 Å². The maximum absolute atomic E-state index is 12.9. The van der Waals surface area contributed by atoms with Gasteiger partial charge in [-0.3, -0.25) is 14.4 Å². The highest BCUT2D eigenvalue weighted by molar-refractivity contribution is 5.71. The zero-order valence-corrected chi connectivity index (χ0v) is 51.1. The molecule has 6 nitrogen and oxygen atoms in total. The average molecular weight is 1090 g/mol. The first kappa shape index (κ1) is 74.3. The Morgan fingerprint density at radius 3 is 0.785 bits per heavy atom. The number of hydrogen-bond donors (Lipinski definition) is 0. The molecule has 1 atom stereocenters. The van der Waals surface area contributed by atoms with Crippen LogP contribution in [-0.2, 0) is 28.6 Å². The maximum atomic E-state index is 12.9. The van der Waals surface area contributed by atoms with Gasteiger partial charge in [0.05, 0.1) is 0 Å². The van der Waals surface area contributed by atoms with Gasteiger partial charge in [0, 0.05) is 19.3 Å². The minimum Gasteiger partial charge on any atom is -0.462 e. The van der Waals surface area contributed by atoms with Gasteiger partial charge in [0.1, 0.15) is 13.2 Å². The second-order valence-corrected chi connectivity index (χ2v) is 20.9. The van der Waals surface area contributed by atoms with Crippen LogP contribution < -0.4 is 0 Å². The van der Waals surface area contributed by atoms with E-state index < -0.39 is 6.10 Å². The molecular weight excluding hydrogens is 973 g/mol. The van der Waals surface area contributed by atoms with Gasteiger partial charge < -0.3 is 14.2 Å². The molecule has 446 valence electrons. The summed E-state index contributed by atoms with van der Waals surface area (Å²) < 4.78 is 16.9. The lowest BCUT2D eigenvalue weighted by atomic mass is 10.1. The molecule has 0 saturated heterocycles. The molecule has 0 amide bonds. The molecule has 0 aliphatic carbocycles. The van der Waals surface area contributed by atoms with E-state index in [0.717, 1.165) is 154 Å². The lowest BCUT2D eigenvalue weighted by Crippen LogP contribution is -2.30. The van der Waals surface area contributed by atoms with Crippen molar-refractivity contribution in [1.82, 2.24) is 0 Å². The Kier molecular flexibility index (Phi) is 61.9. The number of hydrogen-bond acceptors (Lipinski definition) is 6. The molecule has 0 N–H and O–H groups in total. The highest BCUT2D eigenvalue weighted by atomic mass is 16.6. The number of rotatable bonds is 57. The third kappa shape index (κ3) is 64.0. The largest absolute Gasteiger partial charge is 0.462 e. The number of allylic oxidation sites excluding steroid dienone is 24. The first-order valence-corrected chi connectivity index (χ1v) is 32.3. The number of carbonyl (C=O) groups is 3. The topological polar surface area (TPSA) is 78.9 Å². The molecule has 0 aliphatic rings. The van der Waals surface area contributed by atoms with Gasteiger partial charge in [-0.05, 0) is 141 Å². The lowest BCUT2D eigenvalue weighted by Gasteiger charge is -2.18. The Morgan fingerprint density at radius 2 is 0.494 bits per heavy atom. The van der Waals surface area contributed by atoms with Crippen molar-refractivity contribution >= 4 is 17.9 Å². The second-order valence-electron chi connectivity index (χ2n) is 20.9. The highest BCUT2D eigenvalue weighted by Gasteiger charge is 2.19. The van der Waals surface area contributed by atoms with Crippen molar-refractivity contribution in [2.45, 2.75) is 284 Å². The number of carbonyl (C=O) groups excluding carboxylic acids is 3. The van der Waals surface area contributed by atoms with Gasteiger partial charge >= 0.3 is 17.9 Å². The lowest BCUT2D eigenvalue weighted by molar-refractivity contribution is -0.167. The zero-order valence-electron chi connectivity index (χ0n) is 51.1. The van der Waals surface area contributed by atoms with E-state index in [1.54, 1.807) is 0 Å². The quantitative estimate of drug-likeness (QED) is 0.0261. The molecule has 79 heavy (non-hydrogen) atoms. The fraction of sp³-hybridized carbons (Fsp3) is 0.630. The predicted octanol–water partition coefficient (Wildman–Crippen LogP) is 22.3. The summed E-state index contributed by atoms with van der Waals surface area (Å²) in [5.74, 6) is -0.956. The minimum absolute atomic E-state index is 0.104. The molecule has 0 aliphatic heterocycles. The molecule has 0 rings (SSSR count). The second kappa shape index (κ2) is 65.8. The Balaban J connectivity index is 4.51. The van der Waals surface area contributed by atoms with Gasteiger partial charge in [-0.1, -0.05) is 263 Å². The van der Waals surface area contributed by atoms with Crippen molar-refractivity contribution in [3.8, 4) is 0 Å². The highest BCUT2D eigenvalue weighted by Crippen LogP contribution is 2.14. The molecular formula is C73H118O6. The van der Waals surface area contributed by atoms with Crippen LogP contribution in [0.25, 0.3) is 0 Å². The molecule has 0 aromatic carbocycles. The van der Waals surface area contributed by atoms with Crippen LogP contribution in [0.15, 0.2) is 146 Å². The average Bonchev–Trinajstić information content (AvgIpc) is 3.45. The van der Waals surface area contributed by atoms with E-state index in [1.807, 2.05) is 0 Å². The predicted molar refractivity (Wildman–Crippen MR) is 343 cm³/mol. The van der Waals surface area contributed by atoms with Crippen molar-refractivity contribution < 1.29 is 28.6 Å². The summed E-state index contributed by atoms with van der Waals surface area (Å²) >= 11 is 0. The summed E-state index contributed by atoms with van der Waals surface area (Å²) in [6.45, 7) is 6.36. The van der Waals surface area contributed by atoms with E-state index in [4.69, 9.17) is 14.2 Å². The third-order valence-electron chi connectivity index (χ3n) is 13.3. The molecule has 1 unspecified atom stereocenters. The molecule has 6 heteroatoms. The number of ether oxygens (including phenoxy) is 3. The first-order chi connectivity index (χ1) is 39.0. The minimum atomic E-state index is -0.811. The van der Waals surface area contributed by atoms with E-state index >= 15 is 0 Å².